The molecule has 0 radical (unpaired) electrons. The number of hydrogen-bond donors (Lipinski definition) is 3. The van der Waals surface area contributed by atoms with Gasteiger partial charge in [-0.25, -0.2) is 4.79 Å². The number of anilines is 1. The first-order valence-electron chi connectivity index (χ1n) is 4.89. The first kappa shape index (κ1) is 12.0. The van der Waals surface area contributed by atoms with Crippen LogP contribution < -0.4 is 5.32 Å². The van der Waals surface area contributed by atoms with E-state index >= 15 is 0 Å². The largest absolute Gasteiger partial charge is 0.507 e. The molecule has 16 heavy (non-hydrogen) atoms. The van der Waals surface area contributed by atoms with E-state index in [4.69, 9.17) is 5.11 Å². The lowest BCUT2D eigenvalue weighted by atomic mass is 10.0. The number of rotatable bonds is 5. The van der Waals surface area contributed by atoms with Crippen LogP contribution in [0.2, 0.25) is 0 Å². The Kier molecular flexibility index (Phi) is 3.88. The van der Waals surface area contributed by atoms with Crippen molar-refractivity contribution in [3.8, 4) is 5.75 Å². The number of amides is 1. The molecule has 0 fully saturated rings. The Labute approximate surface area is 92.7 Å². The van der Waals surface area contributed by atoms with Crippen LogP contribution in [-0.2, 0) is 11.2 Å². The number of aromatic carboxylic acids is 1. The molecule has 0 spiro atoms. The average Bonchev–Trinajstić information content (AvgIpc) is 2.22. The van der Waals surface area contributed by atoms with Crippen LogP contribution in [0, 0.1) is 0 Å². The van der Waals surface area contributed by atoms with Crippen molar-refractivity contribution in [3.05, 3.63) is 23.3 Å². The molecule has 0 saturated carbocycles. The topological polar surface area (TPSA) is 86.6 Å². The maximum Gasteiger partial charge on any atom is 0.339 e. The van der Waals surface area contributed by atoms with E-state index in [0.717, 1.165) is 6.42 Å². The summed E-state index contributed by atoms with van der Waals surface area (Å²) >= 11 is 0. The molecule has 0 aliphatic carbocycles. The third-order valence-corrected chi connectivity index (χ3v) is 2.19. The highest BCUT2D eigenvalue weighted by molar-refractivity contribution is 5.92. The number of carbonyl (C=O) groups is 2. The highest BCUT2D eigenvalue weighted by atomic mass is 16.4. The van der Waals surface area contributed by atoms with Crippen molar-refractivity contribution < 1.29 is 19.8 Å². The summed E-state index contributed by atoms with van der Waals surface area (Å²) in [5.74, 6) is -1.54. The van der Waals surface area contributed by atoms with Crippen molar-refractivity contribution in [2.45, 2.75) is 19.8 Å². The van der Waals surface area contributed by atoms with Gasteiger partial charge in [0.15, 0.2) is 0 Å². The molecule has 0 aliphatic rings. The molecule has 3 N–H and O–H groups in total. The van der Waals surface area contributed by atoms with E-state index in [0.29, 0.717) is 24.1 Å². The lowest BCUT2D eigenvalue weighted by Crippen LogP contribution is -2.03. The minimum absolute atomic E-state index is 0.153. The van der Waals surface area contributed by atoms with Gasteiger partial charge in [-0.3, -0.25) is 4.79 Å². The van der Waals surface area contributed by atoms with E-state index in [2.05, 4.69) is 5.32 Å². The number of benzene rings is 1. The van der Waals surface area contributed by atoms with Crippen LogP contribution in [0.25, 0.3) is 0 Å². The molecule has 5 heteroatoms. The Balaban J connectivity index is 3.24. The summed E-state index contributed by atoms with van der Waals surface area (Å²) in [6.45, 7) is 1.94. The first-order valence-corrected chi connectivity index (χ1v) is 4.89. The number of aryl methyl sites for hydroxylation is 1. The molecule has 1 aromatic carbocycles. The monoisotopic (exact) mass is 223 g/mol. The summed E-state index contributed by atoms with van der Waals surface area (Å²) in [7, 11) is 0. The Bertz CT molecular complexity index is 415. The Morgan fingerprint density at radius 2 is 2.19 bits per heavy atom. The van der Waals surface area contributed by atoms with Crippen LogP contribution in [0.3, 0.4) is 0 Å². The minimum atomic E-state index is -1.19. The molecule has 0 saturated heterocycles. The second-order valence-corrected chi connectivity index (χ2v) is 3.34. The molecule has 0 atom stereocenters. The van der Waals surface area contributed by atoms with Gasteiger partial charge in [0, 0.05) is 11.8 Å². The average molecular weight is 223 g/mol. The number of phenols is 1. The van der Waals surface area contributed by atoms with Gasteiger partial charge >= 0.3 is 5.97 Å². The molecule has 1 rings (SSSR count). The molecule has 1 amide bonds. The number of carbonyl (C=O) groups excluding carboxylic acids is 1. The van der Waals surface area contributed by atoms with Gasteiger partial charge in [-0.15, -0.1) is 0 Å². The van der Waals surface area contributed by atoms with Crippen molar-refractivity contribution >= 4 is 18.1 Å². The van der Waals surface area contributed by atoms with E-state index in [9.17, 15) is 14.7 Å². The molecule has 5 nitrogen and oxygen atoms in total. The smallest absolute Gasteiger partial charge is 0.339 e. The van der Waals surface area contributed by atoms with Crippen molar-refractivity contribution in [2.24, 2.45) is 0 Å². The second kappa shape index (κ2) is 5.16. The molecular weight excluding hydrogens is 210 g/mol. The fraction of sp³-hybridized carbons (Fsp3) is 0.273. The van der Waals surface area contributed by atoms with Gasteiger partial charge in [0.25, 0.3) is 0 Å². The Hall–Kier alpha value is -2.04. The normalized spacial score (nSPS) is 9.81. The van der Waals surface area contributed by atoms with Crippen LogP contribution in [0.1, 0.15) is 29.3 Å². The van der Waals surface area contributed by atoms with Gasteiger partial charge in [-0.2, -0.15) is 0 Å². The number of carboxylic acid groups (broad SMARTS) is 1. The second-order valence-electron chi connectivity index (χ2n) is 3.34. The van der Waals surface area contributed by atoms with Gasteiger partial charge in [-0.1, -0.05) is 13.3 Å². The molecule has 0 aromatic heterocycles. The Morgan fingerprint density at radius 1 is 1.50 bits per heavy atom. The highest BCUT2D eigenvalue weighted by Gasteiger charge is 2.13. The maximum absolute atomic E-state index is 10.8. The van der Waals surface area contributed by atoms with Gasteiger partial charge in [0.2, 0.25) is 6.41 Å². The third kappa shape index (κ3) is 2.50. The van der Waals surface area contributed by atoms with Gasteiger partial charge in [0.05, 0.1) is 0 Å². The summed E-state index contributed by atoms with van der Waals surface area (Å²) in [6.07, 6.45) is 1.95. The molecular formula is C11H13NO4. The Morgan fingerprint density at radius 3 is 2.69 bits per heavy atom. The zero-order valence-electron chi connectivity index (χ0n) is 8.86. The highest BCUT2D eigenvalue weighted by Crippen LogP contribution is 2.27. The van der Waals surface area contributed by atoms with Gasteiger partial charge in [0.1, 0.15) is 11.3 Å². The summed E-state index contributed by atoms with van der Waals surface area (Å²) in [5.41, 5.74) is 0.990. The van der Waals surface area contributed by atoms with Crippen LogP contribution in [0.5, 0.6) is 5.75 Å². The van der Waals surface area contributed by atoms with Crippen molar-refractivity contribution in [2.75, 3.05) is 5.32 Å². The van der Waals surface area contributed by atoms with E-state index in [-0.39, 0.29) is 11.3 Å². The van der Waals surface area contributed by atoms with Gasteiger partial charge in [-0.05, 0) is 18.1 Å². The quantitative estimate of drug-likeness (QED) is 0.662. The van der Waals surface area contributed by atoms with Crippen LogP contribution in [-0.4, -0.2) is 22.6 Å². The zero-order valence-corrected chi connectivity index (χ0v) is 8.86. The van der Waals surface area contributed by atoms with Crippen LogP contribution in [0.4, 0.5) is 5.69 Å². The number of nitrogens with one attached hydrogen (secondary N) is 1. The van der Waals surface area contributed by atoms with Crippen molar-refractivity contribution in [1.29, 1.82) is 0 Å². The van der Waals surface area contributed by atoms with Gasteiger partial charge < -0.3 is 15.5 Å². The summed E-state index contributed by atoms with van der Waals surface area (Å²) in [4.78, 5) is 21.1. The molecule has 0 unspecified atom stereocenters. The SMILES string of the molecule is CCCc1cc(C(=O)O)c(O)cc1NC=O. The van der Waals surface area contributed by atoms with Crippen molar-refractivity contribution in [1.82, 2.24) is 0 Å². The molecule has 86 valence electrons. The van der Waals surface area contributed by atoms with E-state index in [1.165, 1.54) is 12.1 Å². The van der Waals surface area contributed by atoms with Crippen molar-refractivity contribution in [3.63, 3.8) is 0 Å². The summed E-state index contributed by atoms with van der Waals surface area (Å²) in [6, 6.07) is 2.63. The lowest BCUT2D eigenvalue weighted by molar-refractivity contribution is -0.105. The number of hydrogen-bond acceptors (Lipinski definition) is 3. The minimum Gasteiger partial charge on any atom is -0.507 e. The van der Waals surface area contributed by atoms with E-state index in [1.54, 1.807) is 0 Å². The van der Waals surface area contributed by atoms with E-state index in [1.807, 2.05) is 6.92 Å². The fourth-order valence-corrected chi connectivity index (χ4v) is 1.48. The third-order valence-electron chi connectivity index (χ3n) is 2.19. The lowest BCUT2D eigenvalue weighted by Gasteiger charge is -2.10. The predicted molar refractivity (Wildman–Crippen MR) is 58.7 cm³/mol. The molecule has 0 bridgehead atoms. The standard InChI is InChI=1S/C11H13NO4/c1-2-3-7-4-8(11(15)16)10(14)5-9(7)12-6-13/h4-6,14H,2-3H2,1H3,(H,12,13)(H,15,16). The fourth-order valence-electron chi connectivity index (χ4n) is 1.48. The van der Waals surface area contributed by atoms with E-state index < -0.39 is 5.97 Å². The van der Waals surface area contributed by atoms with Crippen LogP contribution in [0.15, 0.2) is 12.1 Å². The van der Waals surface area contributed by atoms with Crippen LogP contribution >= 0.6 is 0 Å². The molecule has 0 heterocycles. The molecule has 0 aliphatic heterocycles. The summed E-state index contributed by atoms with van der Waals surface area (Å²) < 4.78 is 0. The summed E-state index contributed by atoms with van der Waals surface area (Å²) in [5, 5.41) is 20.7. The first-order chi connectivity index (χ1) is 7.60. The number of carboxylic acids is 1. The predicted octanol–water partition coefficient (Wildman–Crippen LogP) is 1.61. The maximum atomic E-state index is 10.8. The zero-order chi connectivity index (χ0) is 12.1. The number of aromatic hydroxyl groups is 1. The molecule has 1 aromatic rings.